The zero-order chi connectivity index (χ0) is 15.2. The van der Waals surface area contributed by atoms with Crippen LogP contribution in [0.3, 0.4) is 0 Å². The van der Waals surface area contributed by atoms with E-state index in [4.69, 9.17) is 9.47 Å². The lowest BCUT2D eigenvalue weighted by Crippen LogP contribution is -2.39. The van der Waals surface area contributed by atoms with Gasteiger partial charge in [-0.25, -0.2) is 4.79 Å². The minimum atomic E-state index is -0.642. The molecule has 1 aliphatic heterocycles. The summed E-state index contributed by atoms with van der Waals surface area (Å²) in [4.78, 5) is 34.5. The Hall–Kier alpha value is -1.89. The molecule has 1 aromatic carbocycles. The van der Waals surface area contributed by atoms with Gasteiger partial charge in [-0.3, -0.25) is 9.59 Å². The maximum absolute atomic E-state index is 11.7. The van der Waals surface area contributed by atoms with Crippen molar-refractivity contribution >= 4 is 33.6 Å². The molecule has 0 radical (unpaired) electrons. The number of hydrogen-bond acceptors (Lipinski definition) is 5. The van der Waals surface area contributed by atoms with Crippen LogP contribution < -0.4 is 10.1 Å². The van der Waals surface area contributed by atoms with E-state index in [0.717, 1.165) is 4.47 Å². The molecule has 21 heavy (non-hydrogen) atoms. The number of Topliss-reactive ketones (excluding diaryl/α,β-unsaturated/α-hetero) is 1. The van der Waals surface area contributed by atoms with E-state index in [9.17, 15) is 14.4 Å². The van der Waals surface area contributed by atoms with Crippen molar-refractivity contribution in [3.63, 3.8) is 0 Å². The number of hydrogen-bond donors (Lipinski definition) is 1. The van der Waals surface area contributed by atoms with E-state index in [1.165, 1.54) is 0 Å². The summed E-state index contributed by atoms with van der Waals surface area (Å²) in [5.41, 5.74) is 0. The molecule has 1 atom stereocenters. The van der Waals surface area contributed by atoms with Crippen LogP contribution in [0.4, 0.5) is 0 Å². The highest BCUT2D eigenvalue weighted by Gasteiger charge is 2.28. The molecule has 0 unspecified atom stereocenters. The van der Waals surface area contributed by atoms with Crippen molar-refractivity contribution in [2.24, 2.45) is 0 Å². The van der Waals surface area contributed by atoms with E-state index in [1.54, 1.807) is 18.2 Å². The van der Waals surface area contributed by atoms with Gasteiger partial charge in [-0.1, -0.05) is 22.0 Å². The Morgan fingerprint density at radius 1 is 1.43 bits per heavy atom. The van der Waals surface area contributed by atoms with E-state index >= 15 is 0 Å². The standard InChI is InChI=1S/C14H14BrNO5/c15-9-2-1-3-11(6-9)21-8-10(17)7-13(18)16-12-4-5-20-14(12)19/h1-3,6,12H,4-5,7-8H2,(H,16,18)/t12-/m0/s1. The van der Waals surface area contributed by atoms with Gasteiger partial charge in [-0.15, -0.1) is 0 Å². The first-order valence-corrected chi connectivity index (χ1v) is 7.20. The van der Waals surface area contributed by atoms with Gasteiger partial charge >= 0.3 is 5.97 Å². The van der Waals surface area contributed by atoms with Crippen molar-refractivity contribution in [2.75, 3.05) is 13.2 Å². The van der Waals surface area contributed by atoms with Crippen LogP contribution in [0, 0.1) is 0 Å². The minimum Gasteiger partial charge on any atom is -0.486 e. The fraction of sp³-hybridized carbons (Fsp3) is 0.357. The Kier molecular flexibility index (Phi) is 5.32. The van der Waals surface area contributed by atoms with Crippen LogP contribution in [0.5, 0.6) is 5.75 Å². The van der Waals surface area contributed by atoms with Crippen molar-refractivity contribution < 1.29 is 23.9 Å². The molecule has 1 aliphatic rings. The number of carbonyl (C=O) groups excluding carboxylic acids is 3. The van der Waals surface area contributed by atoms with Crippen molar-refractivity contribution in [2.45, 2.75) is 18.9 Å². The molecule has 0 aliphatic carbocycles. The Bertz CT molecular complexity index is 560. The van der Waals surface area contributed by atoms with Gasteiger partial charge in [-0.2, -0.15) is 0 Å². The predicted octanol–water partition coefficient (Wildman–Crippen LogP) is 1.22. The maximum atomic E-state index is 11.7. The molecule has 1 saturated heterocycles. The summed E-state index contributed by atoms with van der Waals surface area (Å²) in [5.74, 6) is -0.778. The van der Waals surface area contributed by atoms with E-state index in [1.807, 2.05) is 6.07 Å². The molecule has 0 spiro atoms. The van der Waals surface area contributed by atoms with E-state index < -0.39 is 17.9 Å². The number of amides is 1. The highest BCUT2D eigenvalue weighted by atomic mass is 79.9. The third-order valence-electron chi connectivity index (χ3n) is 2.82. The third kappa shape index (κ3) is 4.86. The van der Waals surface area contributed by atoms with Crippen LogP contribution in [0.15, 0.2) is 28.7 Å². The molecule has 1 N–H and O–H groups in total. The average molecular weight is 356 g/mol. The van der Waals surface area contributed by atoms with Crippen molar-refractivity contribution in [1.29, 1.82) is 0 Å². The lowest BCUT2D eigenvalue weighted by Gasteiger charge is -2.09. The summed E-state index contributed by atoms with van der Waals surface area (Å²) in [5, 5.41) is 2.47. The number of cyclic esters (lactones) is 1. The van der Waals surface area contributed by atoms with Gasteiger partial charge < -0.3 is 14.8 Å². The number of halogens is 1. The Morgan fingerprint density at radius 3 is 2.90 bits per heavy atom. The fourth-order valence-electron chi connectivity index (χ4n) is 1.82. The summed E-state index contributed by atoms with van der Waals surface area (Å²) >= 11 is 3.29. The monoisotopic (exact) mass is 355 g/mol. The smallest absolute Gasteiger partial charge is 0.328 e. The van der Waals surface area contributed by atoms with E-state index in [0.29, 0.717) is 18.8 Å². The molecule has 0 saturated carbocycles. The summed E-state index contributed by atoms with van der Waals surface area (Å²) in [7, 11) is 0. The van der Waals surface area contributed by atoms with Crippen molar-refractivity contribution in [1.82, 2.24) is 5.32 Å². The minimum absolute atomic E-state index is 0.195. The first kappa shape index (κ1) is 15.5. The number of ether oxygens (including phenoxy) is 2. The molecule has 1 amide bonds. The van der Waals surface area contributed by atoms with Crippen LogP contribution >= 0.6 is 15.9 Å². The molecular weight excluding hydrogens is 342 g/mol. The molecule has 2 rings (SSSR count). The van der Waals surface area contributed by atoms with Gasteiger partial charge in [-0.05, 0) is 18.2 Å². The predicted molar refractivity (Wildman–Crippen MR) is 76.8 cm³/mol. The first-order valence-electron chi connectivity index (χ1n) is 6.40. The average Bonchev–Trinajstić information content (AvgIpc) is 2.82. The number of rotatable bonds is 6. The molecule has 1 heterocycles. The second kappa shape index (κ2) is 7.21. The molecular formula is C14H14BrNO5. The quantitative estimate of drug-likeness (QED) is 0.612. The molecule has 7 heteroatoms. The normalized spacial score (nSPS) is 17.2. The van der Waals surface area contributed by atoms with Gasteiger partial charge in [0.15, 0.2) is 5.78 Å². The van der Waals surface area contributed by atoms with Crippen LogP contribution in [-0.4, -0.2) is 36.9 Å². The third-order valence-corrected chi connectivity index (χ3v) is 3.32. The van der Waals surface area contributed by atoms with Crippen LogP contribution in [0.25, 0.3) is 0 Å². The van der Waals surface area contributed by atoms with Gasteiger partial charge in [0, 0.05) is 10.9 Å². The molecule has 0 bridgehead atoms. The Morgan fingerprint density at radius 2 is 2.24 bits per heavy atom. The highest BCUT2D eigenvalue weighted by Crippen LogP contribution is 2.17. The van der Waals surface area contributed by atoms with E-state index in [-0.39, 0.29) is 18.8 Å². The summed E-state index contributed by atoms with van der Waals surface area (Å²) in [6.45, 7) is 0.0999. The van der Waals surface area contributed by atoms with Gasteiger partial charge in [0.2, 0.25) is 5.91 Å². The summed E-state index contributed by atoms with van der Waals surface area (Å²) in [6.07, 6.45) is 0.116. The summed E-state index contributed by atoms with van der Waals surface area (Å²) in [6, 6.07) is 6.41. The lowest BCUT2D eigenvalue weighted by molar-refractivity contribution is -0.142. The van der Waals surface area contributed by atoms with Gasteiger partial charge in [0.05, 0.1) is 13.0 Å². The molecule has 6 nitrogen and oxygen atoms in total. The first-order chi connectivity index (χ1) is 10.0. The zero-order valence-electron chi connectivity index (χ0n) is 11.1. The zero-order valence-corrected chi connectivity index (χ0v) is 12.7. The number of carbonyl (C=O) groups is 3. The molecule has 1 fully saturated rings. The number of nitrogens with one attached hydrogen (secondary N) is 1. The van der Waals surface area contributed by atoms with E-state index in [2.05, 4.69) is 21.2 Å². The topological polar surface area (TPSA) is 81.7 Å². The molecule has 1 aromatic rings. The maximum Gasteiger partial charge on any atom is 0.328 e. The number of esters is 1. The second-order valence-electron chi connectivity index (χ2n) is 4.54. The van der Waals surface area contributed by atoms with Gasteiger partial charge in [0.25, 0.3) is 0 Å². The van der Waals surface area contributed by atoms with Crippen molar-refractivity contribution in [3.8, 4) is 5.75 Å². The second-order valence-corrected chi connectivity index (χ2v) is 5.45. The highest BCUT2D eigenvalue weighted by molar-refractivity contribution is 9.10. The van der Waals surface area contributed by atoms with Crippen LogP contribution in [-0.2, 0) is 19.1 Å². The van der Waals surface area contributed by atoms with Crippen molar-refractivity contribution in [3.05, 3.63) is 28.7 Å². The largest absolute Gasteiger partial charge is 0.486 e. The van der Waals surface area contributed by atoms with Crippen LogP contribution in [0.1, 0.15) is 12.8 Å². The Balaban J connectivity index is 1.74. The number of benzene rings is 1. The SMILES string of the molecule is O=C(COc1cccc(Br)c1)CC(=O)N[C@H]1CCOC1=O. The van der Waals surface area contributed by atoms with Gasteiger partial charge in [0.1, 0.15) is 18.4 Å². The fourth-order valence-corrected chi connectivity index (χ4v) is 2.20. The Labute approximate surface area is 129 Å². The molecule has 112 valence electrons. The lowest BCUT2D eigenvalue weighted by atomic mass is 10.2. The summed E-state index contributed by atoms with van der Waals surface area (Å²) < 4.78 is 10.8. The van der Waals surface area contributed by atoms with Crippen LogP contribution in [0.2, 0.25) is 0 Å². The number of ketones is 1. The molecule has 0 aromatic heterocycles.